The molecule has 4 amide bonds. The first kappa shape index (κ1) is 18.3. The Bertz CT molecular complexity index is 766. The fraction of sp³-hybridized carbons (Fsp3) is 0.286. The number of nitrogens with zero attached hydrogens (tertiary/aromatic N) is 2. The number of hydrogen-bond acceptors (Lipinski definition) is 6. The molecule has 132 valence electrons. The molecule has 0 bridgehead atoms. The molecule has 0 aliphatic carbocycles. The number of nitro benzene ring substituents is 1. The predicted octanol–water partition coefficient (Wildman–Crippen LogP) is -0.338. The molecule has 0 radical (unpaired) electrons. The second-order valence-electron chi connectivity index (χ2n) is 5.02. The van der Waals surface area contributed by atoms with Gasteiger partial charge in [-0.15, -0.1) is 11.6 Å². The largest absolute Gasteiger partial charge is 0.353 e. The molecule has 0 saturated heterocycles. The van der Waals surface area contributed by atoms with Crippen molar-refractivity contribution in [2.45, 2.75) is 0 Å². The number of halogens is 1. The number of carbonyl (C=O) groups excluding carboxylic acids is 4. The highest BCUT2D eigenvalue weighted by molar-refractivity contribution is 6.27. The van der Waals surface area contributed by atoms with Gasteiger partial charge in [0, 0.05) is 25.2 Å². The van der Waals surface area contributed by atoms with E-state index in [0.29, 0.717) is 4.90 Å². The number of benzene rings is 1. The third-order valence-electron chi connectivity index (χ3n) is 3.36. The van der Waals surface area contributed by atoms with Gasteiger partial charge in [-0.1, -0.05) is 0 Å². The van der Waals surface area contributed by atoms with Crippen LogP contribution in [0.5, 0.6) is 0 Å². The minimum atomic E-state index is -0.769. The van der Waals surface area contributed by atoms with Crippen LogP contribution in [0.1, 0.15) is 20.7 Å². The second kappa shape index (κ2) is 7.71. The molecular formula is C14H13ClN4O6. The van der Waals surface area contributed by atoms with Crippen molar-refractivity contribution < 1.29 is 24.1 Å². The van der Waals surface area contributed by atoms with Gasteiger partial charge in [0.2, 0.25) is 11.8 Å². The normalized spacial score (nSPS) is 12.8. The molecule has 1 aromatic rings. The van der Waals surface area contributed by atoms with Crippen LogP contribution < -0.4 is 10.6 Å². The van der Waals surface area contributed by atoms with Crippen LogP contribution in [0.2, 0.25) is 0 Å². The van der Waals surface area contributed by atoms with E-state index in [2.05, 4.69) is 10.6 Å². The standard InChI is InChI=1S/C14H13ClN4O6/c15-6-11(20)16-3-4-17-12(21)7-18-13(22)9-2-1-8(19(24)25)5-10(9)14(18)23/h1-2,5H,3-4,6-7H2,(H,16,20)(H,17,21). The Morgan fingerprint density at radius 2 is 1.68 bits per heavy atom. The van der Waals surface area contributed by atoms with Crippen LogP contribution in [0.3, 0.4) is 0 Å². The summed E-state index contributed by atoms with van der Waals surface area (Å²) in [4.78, 5) is 57.9. The van der Waals surface area contributed by atoms with E-state index in [-0.39, 0.29) is 35.8 Å². The molecular weight excluding hydrogens is 356 g/mol. The Hall–Kier alpha value is -3.01. The maximum atomic E-state index is 12.2. The maximum Gasteiger partial charge on any atom is 0.270 e. The topological polar surface area (TPSA) is 139 Å². The zero-order valence-corrected chi connectivity index (χ0v) is 13.5. The number of nitro groups is 1. The van der Waals surface area contributed by atoms with Gasteiger partial charge in [-0.2, -0.15) is 0 Å². The van der Waals surface area contributed by atoms with E-state index in [1.165, 1.54) is 6.07 Å². The lowest BCUT2D eigenvalue weighted by Gasteiger charge is -2.13. The predicted molar refractivity (Wildman–Crippen MR) is 85.2 cm³/mol. The van der Waals surface area contributed by atoms with Crippen LogP contribution >= 0.6 is 11.6 Å². The van der Waals surface area contributed by atoms with E-state index in [0.717, 1.165) is 12.1 Å². The maximum absolute atomic E-state index is 12.2. The lowest BCUT2D eigenvalue weighted by Crippen LogP contribution is -2.42. The van der Waals surface area contributed by atoms with Crippen molar-refractivity contribution in [3.8, 4) is 0 Å². The molecule has 0 atom stereocenters. The van der Waals surface area contributed by atoms with Crippen LogP contribution in [0.25, 0.3) is 0 Å². The molecule has 11 heteroatoms. The second-order valence-corrected chi connectivity index (χ2v) is 5.28. The van der Waals surface area contributed by atoms with E-state index < -0.39 is 35.1 Å². The monoisotopic (exact) mass is 368 g/mol. The third-order valence-corrected chi connectivity index (χ3v) is 3.60. The van der Waals surface area contributed by atoms with Gasteiger partial charge in [-0.05, 0) is 6.07 Å². The smallest absolute Gasteiger partial charge is 0.270 e. The Kier molecular flexibility index (Phi) is 5.65. The van der Waals surface area contributed by atoms with Crippen molar-refractivity contribution in [3.63, 3.8) is 0 Å². The Morgan fingerprint density at radius 1 is 1.08 bits per heavy atom. The summed E-state index contributed by atoms with van der Waals surface area (Å²) in [6, 6.07) is 3.32. The fourth-order valence-corrected chi connectivity index (χ4v) is 2.28. The minimum absolute atomic E-state index is 0.0118. The van der Waals surface area contributed by atoms with Crippen molar-refractivity contribution in [1.82, 2.24) is 15.5 Å². The highest BCUT2D eigenvalue weighted by atomic mass is 35.5. The van der Waals surface area contributed by atoms with Gasteiger partial charge in [-0.3, -0.25) is 34.2 Å². The van der Waals surface area contributed by atoms with E-state index in [9.17, 15) is 29.3 Å². The summed E-state index contributed by atoms with van der Waals surface area (Å²) in [6.45, 7) is -0.286. The van der Waals surface area contributed by atoms with Crippen LogP contribution in [0.4, 0.5) is 5.69 Å². The quantitative estimate of drug-likeness (QED) is 0.222. The highest BCUT2D eigenvalue weighted by Gasteiger charge is 2.37. The van der Waals surface area contributed by atoms with Gasteiger partial charge >= 0.3 is 0 Å². The fourth-order valence-electron chi connectivity index (χ4n) is 2.19. The van der Waals surface area contributed by atoms with Gasteiger partial charge < -0.3 is 10.6 Å². The van der Waals surface area contributed by atoms with Crippen LogP contribution in [0, 0.1) is 10.1 Å². The van der Waals surface area contributed by atoms with Crippen molar-refractivity contribution in [1.29, 1.82) is 0 Å². The molecule has 2 rings (SSSR count). The Morgan fingerprint density at radius 3 is 2.28 bits per heavy atom. The molecule has 1 heterocycles. The number of fused-ring (bicyclic) bond motifs is 1. The Labute approximate surface area is 146 Å². The van der Waals surface area contributed by atoms with E-state index in [1.54, 1.807) is 0 Å². The van der Waals surface area contributed by atoms with Gasteiger partial charge in [0.1, 0.15) is 12.4 Å². The van der Waals surface area contributed by atoms with Crippen LogP contribution in [0.15, 0.2) is 18.2 Å². The first-order chi connectivity index (χ1) is 11.8. The molecule has 1 aromatic carbocycles. The van der Waals surface area contributed by atoms with Crippen LogP contribution in [-0.2, 0) is 9.59 Å². The van der Waals surface area contributed by atoms with Crippen molar-refractivity contribution in [2.24, 2.45) is 0 Å². The molecule has 25 heavy (non-hydrogen) atoms. The average molecular weight is 369 g/mol. The molecule has 2 N–H and O–H groups in total. The molecule has 1 aliphatic rings. The number of imide groups is 1. The molecule has 0 spiro atoms. The molecule has 0 aromatic heterocycles. The SMILES string of the molecule is O=C(CCl)NCCNC(=O)CN1C(=O)c2ccc([N+](=O)[O-])cc2C1=O. The zero-order chi connectivity index (χ0) is 18.6. The lowest BCUT2D eigenvalue weighted by atomic mass is 10.1. The van der Waals surface area contributed by atoms with Crippen molar-refractivity contribution >= 4 is 40.9 Å². The molecule has 0 unspecified atom stereocenters. The highest BCUT2D eigenvalue weighted by Crippen LogP contribution is 2.26. The number of nitrogens with one attached hydrogen (secondary N) is 2. The summed E-state index contributed by atoms with van der Waals surface area (Å²) >= 11 is 5.29. The number of alkyl halides is 1. The van der Waals surface area contributed by atoms with Crippen molar-refractivity contribution in [2.75, 3.05) is 25.5 Å². The van der Waals surface area contributed by atoms with Gasteiger partial charge in [0.15, 0.2) is 0 Å². The molecule has 10 nitrogen and oxygen atoms in total. The first-order valence-electron chi connectivity index (χ1n) is 7.09. The number of rotatable bonds is 7. The summed E-state index contributed by atoms with van der Waals surface area (Å²) in [7, 11) is 0. The molecule has 1 aliphatic heterocycles. The average Bonchev–Trinajstić information content (AvgIpc) is 2.83. The summed E-state index contributed by atoms with van der Waals surface area (Å²) in [5, 5.41) is 15.6. The minimum Gasteiger partial charge on any atom is -0.353 e. The van der Waals surface area contributed by atoms with Crippen molar-refractivity contribution in [3.05, 3.63) is 39.4 Å². The lowest BCUT2D eigenvalue weighted by molar-refractivity contribution is -0.384. The zero-order valence-electron chi connectivity index (χ0n) is 12.8. The van der Waals surface area contributed by atoms with Gasteiger partial charge in [0.05, 0.1) is 16.1 Å². The number of amides is 4. The summed E-state index contributed by atoms with van der Waals surface area (Å²) in [6.07, 6.45) is 0. The number of hydrogen-bond donors (Lipinski definition) is 2. The van der Waals surface area contributed by atoms with E-state index in [4.69, 9.17) is 11.6 Å². The Balaban J connectivity index is 1.96. The summed E-state index contributed by atoms with van der Waals surface area (Å²) < 4.78 is 0. The number of non-ortho nitro benzene ring substituents is 1. The summed E-state index contributed by atoms with van der Waals surface area (Å²) in [5.41, 5.74) is -0.416. The van der Waals surface area contributed by atoms with E-state index >= 15 is 0 Å². The third kappa shape index (κ3) is 4.10. The van der Waals surface area contributed by atoms with Gasteiger partial charge in [-0.25, -0.2) is 0 Å². The number of carbonyl (C=O) groups is 4. The summed E-state index contributed by atoms with van der Waals surface area (Å²) in [5.74, 6) is -2.66. The first-order valence-corrected chi connectivity index (χ1v) is 7.62. The molecule has 0 saturated carbocycles. The molecule has 0 fully saturated rings. The van der Waals surface area contributed by atoms with Gasteiger partial charge in [0.25, 0.3) is 17.5 Å². The van der Waals surface area contributed by atoms with Crippen LogP contribution in [-0.4, -0.2) is 59.0 Å². The van der Waals surface area contributed by atoms with E-state index in [1.807, 2.05) is 0 Å².